The van der Waals surface area contributed by atoms with Gasteiger partial charge in [0.15, 0.2) is 5.01 Å². The summed E-state index contributed by atoms with van der Waals surface area (Å²) in [5.74, 6) is -0.0950. The second kappa shape index (κ2) is 8.63. The molecular weight excluding hydrogens is 464 g/mol. The highest BCUT2D eigenvalue weighted by molar-refractivity contribution is 7.11. The minimum atomic E-state index is -4.55. The summed E-state index contributed by atoms with van der Waals surface area (Å²) in [6, 6.07) is 2.77. The van der Waals surface area contributed by atoms with Crippen LogP contribution in [-0.4, -0.2) is 48.8 Å². The lowest BCUT2D eigenvalue weighted by atomic mass is 10.0. The molecule has 3 aromatic rings. The number of aliphatic hydroxyl groups is 1. The van der Waals surface area contributed by atoms with Crippen LogP contribution in [0.2, 0.25) is 0 Å². The molecule has 0 amide bonds. The smallest absolute Gasteiger partial charge is 0.386 e. The van der Waals surface area contributed by atoms with Gasteiger partial charge in [-0.1, -0.05) is 6.08 Å². The van der Waals surface area contributed by atoms with Crippen molar-refractivity contribution in [2.75, 3.05) is 18.0 Å². The molecule has 0 saturated heterocycles. The topological polar surface area (TPSA) is 97.0 Å². The summed E-state index contributed by atoms with van der Waals surface area (Å²) in [7, 11) is 0. The predicted molar refractivity (Wildman–Crippen MR) is 112 cm³/mol. The molecule has 0 fully saturated rings. The first-order valence-electron chi connectivity index (χ1n) is 9.77. The lowest BCUT2D eigenvalue weighted by Crippen LogP contribution is -2.40. The third kappa shape index (κ3) is 4.78. The Morgan fingerprint density at radius 3 is 2.58 bits per heavy atom. The first-order chi connectivity index (χ1) is 15.5. The zero-order chi connectivity index (χ0) is 23.9. The number of aliphatic hydroxyl groups excluding tert-OH is 1. The molecule has 8 nitrogen and oxygen atoms in total. The van der Waals surface area contributed by atoms with Gasteiger partial charge in [0.2, 0.25) is 5.95 Å². The van der Waals surface area contributed by atoms with Crippen molar-refractivity contribution in [1.29, 1.82) is 0 Å². The zero-order valence-corrected chi connectivity index (χ0v) is 18.3. The van der Waals surface area contributed by atoms with Crippen molar-refractivity contribution in [3.05, 3.63) is 67.8 Å². The van der Waals surface area contributed by atoms with E-state index in [9.17, 15) is 27.5 Å². The van der Waals surface area contributed by atoms with Crippen molar-refractivity contribution in [3.8, 4) is 0 Å². The molecule has 1 aliphatic heterocycles. The van der Waals surface area contributed by atoms with Crippen LogP contribution >= 0.6 is 11.3 Å². The Morgan fingerprint density at radius 2 is 1.97 bits per heavy atom. The molecule has 0 aliphatic carbocycles. The van der Waals surface area contributed by atoms with Gasteiger partial charge in [0, 0.05) is 23.2 Å². The number of hydrogen-bond donors (Lipinski definition) is 1. The number of alkyl halides is 3. The fourth-order valence-corrected chi connectivity index (χ4v) is 4.14. The standard InChI is InChI=1S/C20H18F4N6O2S/c1-10-14(21)3-4-15(26-10)13-5-6-29(9-16(13)31)18-27-11(2)30(19(32)28-18)8-12-7-25-17(33-12)20(22,23)24/h3-5,7,16,31H,6,8-9H2,1-2H3/t16-/m0/s1. The Kier molecular flexibility index (Phi) is 6.01. The van der Waals surface area contributed by atoms with Gasteiger partial charge in [-0.3, -0.25) is 9.55 Å². The molecule has 4 heterocycles. The van der Waals surface area contributed by atoms with Crippen molar-refractivity contribution < 1.29 is 22.7 Å². The molecule has 0 bridgehead atoms. The van der Waals surface area contributed by atoms with E-state index >= 15 is 0 Å². The van der Waals surface area contributed by atoms with Gasteiger partial charge < -0.3 is 10.0 Å². The molecule has 1 aliphatic rings. The molecule has 1 N–H and O–H groups in total. The zero-order valence-electron chi connectivity index (χ0n) is 17.5. The number of halogens is 4. The lowest BCUT2D eigenvalue weighted by molar-refractivity contribution is -0.137. The highest BCUT2D eigenvalue weighted by Crippen LogP contribution is 2.32. The highest BCUT2D eigenvalue weighted by Gasteiger charge is 2.34. The molecule has 13 heteroatoms. The molecular formula is C20H18F4N6O2S. The minimum Gasteiger partial charge on any atom is -0.386 e. The van der Waals surface area contributed by atoms with Gasteiger partial charge in [0.1, 0.15) is 11.6 Å². The van der Waals surface area contributed by atoms with Crippen molar-refractivity contribution in [3.63, 3.8) is 0 Å². The molecule has 1 atom stereocenters. The van der Waals surface area contributed by atoms with E-state index in [1.54, 1.807) is 17.9 Å². The van der Waals surface area contributed by atoms with Crippen molar-refractivity contribution in [2.24, 2.45) is 0 Å². The van der Waals surface area contributed by atoms with Gasteiger partial charge >= 0.3 is 11.9 Å². The Hall–Kier alpha value is -3.19. The quantitative estimate of drug-likeness (QED) is 0.571. The maximum atomic E-state index is 13.5. The van der Waals surface area contributed by atoms with Gasteiger partial charge in [-0.15, -0.1) is 11.3 Å². The van der Waals surface area contributed by atoms with E-state index in [1.165, 1.54) is 19.1 Å². The number of aromatic nitrogens is 5. The van der Waals surface area contributed by atoms with E-state index in [4.69, 9.17) is 0 Å². The second-order valence-corrected chi connectivity index (χ2v) is 8.53. The van der Waals surface area contributed by atoms with Crippen molar-refractivity contribution in [2.45, 2.75) is 32.7 Å². The number of aryl methyl sites for hydroxylation is 2. The number of rotatable bonds is 4. The van der Waals surface area contributed by atoms with E-state index in [1.807, 2.05) is 0 Å². The number of nitrogens with zero attached hydrogens (tertiary/aromatic N) is 6. The van der Waals surface area contributed by atoms with Crippen molar-refractivity contribution >= 4 is 22.9 Å². The molecule has 174 valence electrons. The average Bonchev–Trinajstić information content (AvgIpc) is 3.22. The van der Waals surface area contributed by atoms with Gasteiger partial charge in [0.25, 0.3) is 0 Å². The summed E-state index contributed by atoms with van der Waals surface area (Å²) in [4.78, 5) is 30.2. The fraction of sp³-hybridized carbons (Fsp3) is 0.350. The molecule has 0 unspecified atom stereocenters. The molecule has 0 radical (unpaired) electrons. The van der Waals surface area contributed by atoms with E-state index in [0.717, 1.165) is 10.8 Å². The van der Waals surface area contributed by atoms with Crippen LogP contribution in [0.15, 0.2) is 29.2 Å². The van der Waals surface area contributed by atoms with Gasteiger partial charge in [-0.2, -0.15) is 23.1 Å². The monoisotopic (exact) mass is 482 g/mol. The Bertz CT molecular complexity index is 1290. The summed E-state index contributed by atoms with van der Waals surface area (Å²) in [6.45, 7) is 3.29. The van der Waals surface area contributed by atoms with Crippen LogP contribution in [0.25, 0.3) is 5.57 Å². The third-order valence-corrected chi connectivity index (χ3v) is 6.10. The summed E-state index contributed by atoms with van der Waals surface area (Å²) in [5.41, 5.74) is 0.523. The lowest BCUT2D eigenvalue weighted by Gasteiger charge is -2.30. The van der Waals surface area contributed by atoms with Crippen molar-refractivity contribution in [1.82, 2.24) is 24.5 Å². The molecule has 0 aromatic carbocycles. The molecule has 4 rings (SSSR count). The van der Waals surface area contributed by atoms with Crippen LogP contribution in [-0.2, 0) is 12.7 Å². The number of β-amino-alcohol motifs (C(OH)–C–C–N with tert-alkyl or cyclic N) is 1. The largest absolute Gasteiger partial charge is 0.443 e. The summed E-state index contributed by atoms with van der Waals surface area (Å²) < 4.78 is 52.9. The molecule has 3 aromatic heterocycles. The highest BCUT2D eigenvalue weighted by atomic mass is 32.1. The maximum absolute atomic E-state index is 13.5. The Labute approximate surface area is 188 Å². The SMILES string of the molecule is Cc1nc(C2=CCN(c3nc(C)n(Cc4cnc(C(F)(F)F)s4)c(=O)n3)C[C@@H]2O)ccc1F. The summed E-state index contributed by atoms with van der Waals surface area (Å²) in [6.07, 6.45) is -2.74. The van der Waals surface area contributed by atoms with Crippen LogP contribution in [0.3, 0.4) is 0 Å². The first-order valence-corrected chi connectivity index (χ1v) is 10.6. The van der Waals surface area contributed by atoms with Gasteiger partial charge in [0.05, 0.1) is 30.6 Å². The second-order valence-electron chi connectivity index (χ2n) is 7.41. The van der Waals surface area contributed by atoms with Gasteiger partial charge in [-0.25, -0.2) is 14.2 Å². The Morgan fingerprint density at radius 1 is 1.21 bits per heavy atom. The number of anilines is 1. The normalized spacial score (nSPS) is 16.8. The van der Waals surface area contributed by atoms with Crippen LogP contribution in [0.1, 0.15) is 27.1 Å². The predicted octanol–water partition coefficient (Wildman–Crippen LogP) is 2.58. The molecule has 0 saturated carbocycles. The third-order valence-electron chi connectivity index (χ3n) is 5.07. The van der Waals surface area contributed by atoms with Crippen LogP contribution < -0.4 is 10.6 Å². The summed E-state index contributed by atoms with van der Waals surface area (Å²) >= 11 is 0.453. The number of thiazole rings is 1. The Balaban J connectivity index is 1.55. The maximum Gasteiger partial charge on any atom is 0.443 e. The van der Waals surface area contributed by atoms with E-state index < -0.39 is 28.8 Å². The number of hydrogen-bond acceptors (Lipinski definition) is 8. The van der Waals surface area contributed by atoms with Crippen LogP contribution in [0, 0.1) is 19.7 Å². The van der Waals surface area contributed by atoms with Crippen LogP contribution in [0.4, 0.5) is 23.5 Å². The average molecular weight is 482 g/mol. The van der Waals surface area contributed by atoms with E-state index in [2.05, 4.69) is 19.9 Å². The van der Waals surface area contributed by atoms with E-state index in [0.29, 0.717) is 22.6 Å². The first kappa shape index (κ1) is 23.0. The van der Waals surface area contributed by atoms with E-state index in [-0.39, 0.29) is 42.0 Å². The van der Waals surface area contributed by atoms with Gasteiger partial charge in [-0.05, 0) is 26.0 Å². The summed E-state index contributed by atoms with van der Waals surface area (Å²) in [5, 5.41) is 9.60. The fourth-order valence-electron chi connectivity index (χ4n) is 3.37. The molecule has 33 heavy (non-hydrogen) atoms. The number of pyridine rings is 1. The minimum absolute atomic E-state index is 0.0800. The van der Waals surface area contributed by atoms with Crippen LogP contribution in [0.5, 0.6) is 0 Å². The molecule has 0 spiro atoms.